The molecule has 0 unspecified atom stereocenters. The van der Waals surface area contributed by atoms with Crippen LogP contribution in [0.15, 0.2) is 54.6 Å². The second kappa shape index (κ2) is 7.83. The Morgan fingerprint density at radius 3 is 2.32 bits per heavy atom. The number of benzene rings is 2. The zero-order valence-corrected chi connectivity index (χ0v) is 14.3. The highest BCUT2D eigenvalue weighted by Gasteiger charge is 2.23. The van der Waals surface area contributed by atoms with E-state index in [2.05, 4.69) is 5.32 Å². The number of ether oxygens (including phenoxy) is 1. The first-order valence-corrected chi connectivity index (χ1v) is 8.51. The molecule has 25 heavy (non-hydrogen) atoms. The molecule has 1 aliphatic heterocycles. The van der Waals surface area contributed by atoms with Crippen molar-refractivity contribution >= 4 is 17.7 Å². The van der Waals surface area contributed by atoms with Crippen LogP contribution in [0.1, 0.15) is 19.8 Å². The number of likely N-dealkylation sites (tertiary alicyclic amines) is 1. The van der Waals surface area contributed by atoms with Crippen molar-refractivity contribution in [3.05, 3.63) is 54.6 Å². The maximum Gasteiger partial charge on any atom is 0.411 e. The minimum Gasteiger partial charge on any atom is -0.446 e. The summed E-state index contributed by atoms with van der Waals surface area (Å²) in [5.74, 6) is 0.0692. The molecule has 2 amide bonds. The molecular formula is C20H22N2O3. The lowest BCUT2D eigenvalue weighted by molar-refractivity contribution is -0.130. The third-order valence-electron chi connectivity index (χ3n) is 4.41. The lowest BCUT2D eigenvalue weighted by Crippen LogP contribution is -2.40. The van der Waals surface area contributed by atoms with Crippen molar-refractivity contribution in [3.8, 4) is 11.1 Å². The molecule has 1 aliphatic rings. The van der Waals surface area contributed by atoms with Gasteiger partial charge in [-0.1, -0.05) is 48.5 Å². The molecule has 5 heteroatoms. The first kappa shape index (κ1) is 17.0. The quantitative estimate of drug-likeness (QED) is 0.923. The van der Waals surface area contributed by atoms with Crippen molar-refractivity contribution in [2.24, 2.45) is 0 Å². The van der Waals surface area contributed by atoms with E-state index in [0.29, 0.717) is 25.9 Å². The Morgan fingerprint density at radius 1 is 1.00 bits per heavy atom. The molecule has 1 saturated heterocycles. The first-order chi connectivity index (χ1) is 12.1. The fourth-order valence-corrected chi connectivity index (χ4v) is 3.04. The van der Waals surface area contributed by atoms with Gasteiger partial charge in [0.2, 0.25) is 5.91 Å². The molecule has 0 atom stereocenters. The number of carbonyl (C=O) groups is 2. The average molecular weight is 338 g/mol. The minimum atomic E-state index is -0.454. The molecule has 1 N–H and O–H groups in total. The van der Waals surface area contributed by atoms with Crippen LogP contribution in [0, 0.1) is 0 Å². The lowest BCUT2D eigenvalue weighted by Gasteiger charge is -2.30. The zero-order valence-electron chi connectivity index (χ0n) is 14.3. The molecule has 0 bridgehead atoms. The van der Waals surface area contributed by atoms with Crippen LogP contribution in [-0.4, -0.2) is 36.1 Å². The molecule has 1 fully saturated rings. The second-order valence-electron chi connectivity index (χ2n) is 6.15. The largest absolute Gasteiger partial charge is 0.446 e. The Kier molecular flexibility index (Phi) is 5.33. The van der Waals surface area contributed by atoms with Crippen LogP contribution in [0.3, 0.4) is 0 Å². The maximum absolute atomic E-state index is 12.3. The monoisotopic (exact) mass is 338 g/mol. The molecule has 0 radical (unpaired) electrons. The van der Waals surface area contributed by atoms with Gasteiger partial charge in [-0.2, -0.15) is 0 Å². The van der Waals surface area contributed by atoms with Crippen LogP contribution in [-0.2, 0) is 9.53 Å². The molecule has 0 saturated carbocycles. The van der Waals surface area contributed by atoms with Crippen LogP contribution >= 0.6 is 0 Å². The third-order valence-corrected chi connectivity index (χ3v) is 4.41. The molecule has 3 rings (SSSR count). The predicted molar refractivity (Wildman–Crippen MR) is 97.3 cm³/mol. The second-order valence-corrected chi connectivity index (χ2v) is 6.15. The predicted octanol–water partition coefficient (Wildman–Crippen LogP) is 3.91. The van der Waals surface area contributed by atoms with Gasteiger partial charge in [-0.05, 0) is 11.6 Å². The number of rotatable bonds is 3. The van der Waals surface area contributed by atoms with Gasteiger partial charge in [0.1, 0.15) is 6.10 Å². The normalized spacial score (nSPS) is 14.8. The smallest absolute Gasteiger partial charge is 0.411 e. The molecule has 5 nitrogen and oxygen atoms in total. The first-order valence-electron chi connectivity index (χ1n) is 8.51. The van der Waals surface area contributed by atoms with Crippen LogP contribution in [0.4, 0.5) is 10.5 Å². The Morgan fingerprint density at radius 2 is 1.64 bits per heavy atom. The van der Waals surface area contributed by atoms with E-state index in [-0.39, 0.29) is 12.0 Å². The number of hydrogen-bond donors (Lipinski definition) is 1. The molecule has 0 spiro atoms. The Balaban J connectivity index is 1.62. The fraction of sp³-hybridized carbons (Fsp3) is 0.300. The van der Waals surface area contributed by atoms with E-state index in [1.54, 1.807) is 11.8 Å². The summed E-state index contributed by atoms with van der Waals surface area (Å²) in [6.45, 7) is 2.83. The van der Waals surface area contributed by atoms with Crippen molar-refractivity contribution in [1.29, 1.82) is 0 Å². The van der Waals surface area contributed by atoms with Crippen LogP contribution in [0.5, 0.6) is 0 Å². The molecule has 130 valence electrons. The van der Waals surface area contributed by atoms with Crippen LogP contribution < -0.4 is 5.32 Å². The van der Waals surface area contributed by atoms with Crippen molar-refractivity contribution < 1.29 is 14.3 Å². The highest BCUT2D eigenvalue weighted by Crippen LogP contribution is 2.27. The van der Waals surface area contributed by atoms with Crippen molar-refractivity contribution in [3.63, 3.8) is 0 Å². The lowest BCUT2D eigenvalue weighted by atomic mass is 10.0. The molecule has 2 aromatic rings. The number of para-hydroxylation sites is 1. The Bertz CT molecular complexity index is 738. The van der Waals surface area contributed by atoms with E-state index in [1.165, 1.54) is 0 Å². The number of hydrogen-bond acceptors (Lipinski definition) is 3. The van der Waals surface area contributed by atoms with E-state index in [9.17, 15) is 9.59 Å². The molecule has 1 heterocycles. The van der Waals surface area contributed by atoms with E-state index in [0.717, 1.165) is 16.8 Å². The maximum atomic E-state index is 12.3. The van der Waals surface area contributed by atoms with Gasteiger partial charge in [0, 0.05) is 38.4 Å². The summed E-state index contributed by atoms with van der Waals surface area (Å²) >= 11 is 0. The third kappa shape index (κ3) is 4.38. The van der Waals surface area contributed by atoms with Crippen molar-refractivity contribution in [1.82, 2.24) is 4.90 Å². The number of nitrogens with one attached hydrogen (secondary N) is 1. The fourth-order valence-electron chi connectivity index (χ4n) is 3.04. The van der Waals surface area contributed by atoms with E-state index in [4.69, 9.17) is 4.74 Å². The summed E-state index contributed by atoms with van der Waals surface area (Å²) < 4.78 is 5.53. The number of piperidine rings is 1. The molecule has 0 aliphatic carbocycles. The van der Waals surface area contributed by atoms with Gasteiger partial charge in [-0.25, -0.2) is 4.79 Å². The summed E-state index contributed by atoms with van der Waals surface area (Å²) in [6.07, 6.45) is 0.741. The summed E-state index contributed by atoms with van der Waals surface area (Å²) in [7, 11) is 0. The summed E-state index contributed by atoms with van der Waals surface area (Å²) in [6, 6.07) is 17.6. The van der Waals surface area contributed by atoms with Gasteiger partial charge < -0.3 is 9.64 Å². The van der Waals surface area contributed by atoms with Gasteiger partial charge in [0.05, 0.1) is 5.69 Å². The summed E-state index contributed by atoms with van der Waals surface area (Å²) in [5.41, 5.74) is 2.71. The number of nitrogens with zero attached hydrogens (tertiary/aromatic N) is 1. The zero-order chi connectivity index (χ0) is 17.6. The van der Waals surface area contributed by atoms with Gasteiger partial charge in [-0.15, -0.1) is 0 Å². The summed E-state index contributed by atoms with van der Waals surface area (Å²) in [5, 5.41) is 2.85. The van der Waals surface area contributed by atoms with Gasteiger partial charge >= 0.3 is 6.09 Å². The standard InChI is InChI=1S/C20H22N2O3/c1-15(23)22-13-11-17(12-14-22)25-20(24)21-19-10-6-5-9-18(19)16-7-3-2-4-8-16/h2-10,17H,11-14H2,1H3,(H,21,24). The molecule has 2 aromatic carbocycles. The minimum absolute atomic E-state index is 0.0692. The van der Waals surface area contributed by atoms with Crippen molar-refractivity contribution in [2.75, 3.05) is 18.4 Å². The molecule has 0 aromatic heterocycles. The van der Waals surface area contributed by atoms with Gasteiger partial charge in [0.15, 0.2) is 0 Å². The Hall–Kier alpha value is -2.82. The van der Waals surface area contributed by atoms with Gasteiger partial charge in [-0.3, -0.25) is 10.1 Å². The van der Waals surface area contributed by atoms with E-state index >= 15 is 0 Å². The SMILES string of the molecule is CC(=O)N1CCC(OC(=O)Nc2ccccc2-c2ccccc2)CC1. The van der Waals surface area contributed by atoms with Gasteiger partial charge in [0.25, 0.3) is 0 Å². The highest BCUT2D eigenvalue weighted by molar-refractivity contribution is 5.91. The number of amides is 2. The number of anilines is 1. The van der Waals surface area contributed by atoms with Crippen LogP contribution in [0.2, 0.25) is 0 Å². The van der Waals surface area contributed by atoms with E-state index < -0.39 is 6.09 Å². The average Bonchev–Trinajstić information content (AvgIpc) is 2.63. The Labute approximate surface area is 147 Å². The van der Waals surface area contributed by atoms with E-state index in [1.807, 2.05) is 54.6 Å². The van der Waals surface area contributed by atoms with Crippen LogP contribution in [0.25, 0.3) is 11.1 Å². The molecular weight excluding hydrogens is 316 g/mol. The van der Waals surface area contributed by atoms with Crippen molar-refractivity contribution in [2.45, 2.75) is 25.9 Å². The highest BCUT2D eigenvalue weighted by atomic mass is 16.6. The topological polar surface area (TPSA) is 58.6 Å². The number of carbonyl (C=O) groups excluding carboxylic acids is 2. The summed E-state index contributed by atoms with van der Waals surface area (Å²) in [4.78, 5) is 25.4.